The highest BCUT2D eigenvalue weighted by Crippen LogP contribution is 2.20. The minimum Gasteiger partial charge on any atom is -0.393 e. The second kappa shape index (κ2) is 9.14. The molecule has 8 heteroatoms. The number of aryl methyl sites for hydroxylation is 1. The number of carbonyl (C=O) groups excluding carboxylic acids is 1. The lowest BCUT2D eigenvalue weighted by Gasteiger charge is -2.26. The summed E-state index contributed by atoms with van der Waals surface area (Å²) in [6.07, 6.45) is 3.83. The van der Waals surface area contributed by atoms with Crippen molar-refractivity contribution >= 4 is 15.9 Å². The zero-order chi connectivity index (χ0) is 19.3. The van der Waals surface area contributed by atoms with E-state index in [-0.39, 0.29) is 22.9 Å². The summed E-state index contributed by atoms with van der Waals surface area (Å²) in [6.45, 7) is 1.60. The third-order valence-corrected chi connectivity index (χ3v) is 7.15. The van der Waals surface area contributed by atoms with Gasteiger partial charge in [-0.3, -0.25) is 4.79 Å². The Bertz CT molecular complexity index is 721. The zero-order valence-electron chi connectivity index (χ0n) is 15.5. The van der Waals surface area contributed by atoms with Gasteiger partial charge in [0.2, 0.25) is 15.9 Å². The maximum atomic E-state index is 12.6. The van der Waals surface area contributed by atoms with Crippen LogP contribution in [0.5, 0.6) is 0 Å². The van der Waals surface area contributed by atoms with Crippen LogP contribution in [0, 0.1) is 0 Å². The van der Waals surface area contributed by atoms with Crippen molar-refractivity contribution in [2.45, 2.75) is 55.6 Å². The van der Waals surface area contributed by atoms with Crippen LogP contribution in [-0.2, 0) is 26.0 Å². The Morgan fingerprint density at radius 2 is 1.74 bits per heavy atom. The first kappa shape index (κ1) is 20.3. The summed E-state index contributed by atoms with van der Waals surface area (Å²) in [4.78, 5) is 12.4. The van der Waals surface area contributed by atoms with Gasteiger partial charge in [0, 0.05) is 25.6 Å². The molecule has 0 bridgehead atoms. The highest BCUT2D eigenvalue weighted by atomic mass is 32.2. The van der Waals surface area contributed by atoms with Gasteiger partial charge in [0.15, 0.2) is 0 Å². The van der Waals surface area contributed by atoms with Crippen molar-refractivity contribution in [1.29, 1.82) is 0 Å². The number of ether oxygens (including phenoxy) is 1. The topological polar surface area (TPSA) is 95.9 Å². The number of aliphatic hydroxyl groups excluding tert-OH is 1. The highest BCUT2D eigenvalue weighted by Gasteiger charge is 2.26. The van der Waals surface area contributed by atoms with E-state index in [1.54, 1.807) is 24.3 Å². The number of nitrogens with zero attached hydrogens (tertiary/aromatic N) is 1. The molecule has 150 valence electrons. The monoisotopic (exact) mass is 396 g/mol. The number of nitrogens with one attached hydrogen (secondary N) is 1. The lowest BCUT2D eigenvalue weighted by atomic mass is 9.93. The smallest absolute Gasteiger partial charge is 0.243 e. The van der Waals surface area contributed by atoms with E-state index in [1.165, 1.54) is 4.31 Å². The van der Waals surface area contributed by atoms with Crippen LogP contribution in [-0.4, -0.2) is 62.2 Å². The third kappa shape index (κ3) is 5.51. The van der Waals surface area contributed by atoms with Gasteiger partial charge in [-0.2, -0.15) is 4.31 Å². The van der Waals surface area contributed by atoms with Gasteiger partial charge in [-0.05, 0) is 49.8 Å². The van der Waals surface area contributed by atoms with Gasteiger partial charge in [-0.25, -0.2) is 8.42 Å². The quantitative estimate of drug-likeness (QED) is 0.750. The molecule has 0 spiro atoms. The lowest BCUT2D eigenvalue weighted by molar-refractivity contribution is -0.122. The number of sulfonamides is 1. The van der Waals surface area contributed by atoms with Crippen LogP contribution in [0.25, 0.3) is 0 Å². The molecule has 1 aromatic carbocycles. The van der Waals surface area contributed by atoms with Crippen LogP contribution in [0.4, 0.5) is 0 Å². The normalized spacial score (nSPS) is 24.5. The molecule has 3 rings (SSSR count). The summed E-state index contributed by atoms with van der Waals surface area (Å²) >= 11 is 0. The number of rotatable bonds is 6. The van der Waals surface area contributed by atoms with E-state index in [0.717, 1.165) is 31.2 Å². The first-order valence-corrected chi connectivity index (χ1v) is 11.0. The van der Waals surface area contributed by atoms with Gasteiger partial charge < -0.3 is 15.2 Å². The lowest BCUT2D eigenvalue weighted by Crippen LogP contribution is -2.40. The Balaban J connectivity index is 1.49. The molecular formula is C19H28N2O5S. The van der Waals surface area contributed by atoms with E-state index < -0.39 is 10.0 Å². The van der Waals surface area contributed by atoms with Crippen LogP contribution < -0.4 is 5.32 Å². The molecule has 1 saturated heterocycles. The average molecular weight is 397 g/mol. The van der Waals surface area contributed by atoms with E-state index in [9.17, 15) is 18.3 Å². The number of carbonyl (C=O) groups is 1. The molecule has 1 heterocycles. The minimum atomic E-state index is -3.48. The van der Waals surface area contributed by atoms with Gasteiger partial charge in [0.05, 0.1) is 24.2 Å². The summed E-state index contributed by atoms with van der Waals surface area (Å²) in [5.74, 6) is 0.00130. The van der Waals surface area contributed by atoms with Crippen molar-refractivity contribution in [3.8, 4) is 0 Å². The largest absolute Gasteiger partial charge is 0.393 e. The van der Waals surface area contributed by atoms with E-state index in [1.807, 2.05) is 0 Å². The zero-order valence-corrected chi connectivity index (χ0v) is 16.3. The van der Waals surface area contributed by atoms with Gasteiger partial charge in [0.25, 0.3) is 0 Å². The molecule has 0 atom stereocenters. The van der Waals surface area contributed by atoms with Crippen LogP contribution in [0.3, 0.4) is 0 Å². The summed E-state index contributed by atoms with van der Waals surface area (Å²) < 4.78 is 31.8. The molecule has 7 nitrogen and oxygen atoms in total. The molecule has 1 amide bonds. The summed E-state index contributed by atoms with van der Waals surface area (Å²) in [5, 5.41) is 12.5. The predicted octanol–water partition coefficient (Wildman–Crippen LogP) is 1.06. The maximum Gasteiger partial charge on any atom is 0.243 e. The number of benzene rings is 1. The second-order valence-corrected chi connectivity index (χ2v) is 9.17. The molecule has 0 unspecified atom stereocenters. The SMILES string of the molecule is O=C(CCc1ccc(S(=O)(=O)N2CCOCC2)cc1)NC1CCC(O)CC1. The second-order valence-electron chi connectivity index (χ2n) is 7.23. The number of amides is 1. The fraction of sp³-hybridized carbons (Fsp3) is 0.632. The number of hydrogen-bond donors (Lipinski definition) is 2. The third-order valence-electron chi connectivity index (χ3n) is 5.23. The first-order valence-electron chi connectivity index (χ1n) is 9.59. The molecule has 2 aliphatic rings. The van der Waals surface area contributed by atoms with Gasteiger partial charge in [0.1, 0.15) is 0 Å². The van der Waals surface area contributed by atoms with Crippen molar-refractivity contribution in [2.75, 3.05) is 26.3 Å². The Morgan fingerprint density at radius 1 is 1.11 bits per heavy atom. The first-order chi connectivity index (χ1) is 12.9. The fourth-order valence-corrected chi connectivity index (χ4v) is 4.95. The van der Waals surface area contributed by atoms with E-state index in [2.05, 4.69) is 5.32 Å². The predicted molar refractivity (Wildman–Crippen MR) is 101 cm³/mol. The Kier molecular flexibility index (Phi) is 6.86. The van der Waals surface area contributed by atoms with Crippen LogP contribution in [0.15, 0.2) is 29.2 Å². The highest BCUT2D eigenvalue weighted by molar-refractivity contribution is 7.89. The van der Waals surface area contributed by atoms with E-state index in [4.69, 9.17) is 4.74 Å². The summed E-state index contributed by atoms with van der Waals surface area (Å²) in [7, 11) is -3.48. The summed E-state index contributed by atoms with van der Waals surface area (Å²) in [6, 6.07) is 6.93. The number of morpholine rings is 1. The average Bonchev–Trinajstić information content (AvgIpc) is 2.69. The Morgan fingerprint density at radius 3 is 2.37 bits per heavy atom. The maximum absolute atomic E-state index is 12.6. The Hall–Kier alpha value is -1.48. The molecule has 1 aliphatic carbocycles. The van der Waals surface area contributed by atoms with Crippen molar-refractivity contribution in [1.82, 2.24) is 9.62 Å². The molecule has 1 aromatic rings. The van der Waals surface area contributed by atoms with Gasteiger partial charge >= 0.3 is 0 Å². The fourth-order valence-electron chi connectivity index (χ4n) is 3.54. The van der Waals surface area contributed by atoms with Crippen molar-refractivity contribution < 1.29 is 23.1 Å². The molecule has 1 saturated carbocycles. The van der Waals surface area contributed by atoms with E-state index in [0.29, 0.717) is 39.1 Å². The molecule has 2 fully saturated rings. The van der Waals surface area contributed by atoms with Crippen LogP contribution in [0.1, 0.15) is 37.7 Å². The standard InChI is InChI=1S/C19H28N2O5S/c22-17-6-4-16(5-7-17)20-19(23)10-3-15-1-8-18(9-2-15)27(24,25)21-11-13-26-14-12-21/h1-2,8-9,16-17,22H,3-7,10-14H2,(H,20,23). The van der Waals surface area contributed by atoms with Crippen LogP contribution in [0.2, 0.25) is 0 Å². The number of hydrogen-bond acceptors (Lipinski definition) is 5. The molecule has 27 heavy (non-hydrogen) atoms. The number of aliphatic hydroxyl groups is 1. The molecule has 0 aromatic heterocycles. The molecule has 2 N–H and O–H groups in total. The molecule has 1 aliphatic heterocycles. The Labute approximate surface area is 160 Å². The minimum absolute atomic E-state index is 0.00130. The van der Waals surface area contributed by atoms with Crippen LogP contribution >= 0.6 is 0 Å². The van der Waals surface area contributed by atoms with Gasteiger partial charge in [-0.1, -0.05) is 12.1 Å². The van der Waals surface area contributed by atoms with Crippen molar-refractivity contribution in [3.05, 3.63) is 29.8 Å². The summed E-state index contributed by atoms with van der Waals surface area (Å²) in [5.41, 5.74) is 0.935. The molecular weight excluding hydrogens is 368 g/mol. The van der Waals surface area contributed by atoms with Crippen molar-refractivity contribution in [2.24, 2.45) is 0 Å². The molecule has 0 radical (unpaired) electrons. The van der Waals surface area contributed by atoms with Gasteiger partial charge in [-0.15, -0.1) is 0 Å². The van der Waals surface area contributed by atoms with Crippen molar-refractivity contribution in [3.63, 3.8) is 0 Å². The van der Waals surface area contributed by atoms with E-state index >= 15 is 0 Å².